The van der Waals surface area contributed by atoms with Gasteiger partial charge in [0.15, 0.2) is 16.7 Å². The number of halogens is 1. The lowest BCUT2D eigenvalue weighted by atomic mass is 9.99. The standard InChI is InChI=1S/C20H23N5O.C20H30N2O3.C20H28N2O3.C5H2ClN3.2CH4/c1-14(2)16-3-4-17(22-12-16)10-19(26)9-15-7-8-25(13-15)20-6-5-18(11-21)23-24-20;2*1-14(2)16-6-7-17(21-12-16)11-18(23)10-15-8-9-22(13-15)19(24)25-20(3,4)5;1-7-5-3-2-4(6)8-9-5;;/h3-6,12,14-15H,7-10,13H2,1-2H3;6-7,12,14-15H,8-11,13H2,1-5H3;6-7,12,15H,1,8-11,13H2,2-5H3;2-3H;2*1H4/t3*15-;;;/m111.../s1. The number of likely N-dealkylation sites (tertiary alicyclic amines) is 2. The summed E-state index contributed by atoms with van der Waals surface area (Å²) < 4.78 is 10.8. The summed E-state index contributed by atoms with van der Waals surface area (Å²) >= 11 is 5.39. The Bertz CT molecular complexity index is 3090. The van der Waals surface area contributed by atoms with Gasteiger partial charge in [0, 0.05) is 113 Å². The first-order chi connectivity index (χ1) is 40.1. The van der Waals surface area contributed by atoms with Crippen LogP contribution in [-0.4, -0.2) is 125 Å². The highest BCUT2D eigenvalue weighted by molar-refractivity contribution is 6.29. The maximum absolute atomic E-state index is 12.4. The van der Waals surface area contributed by atoms with Crippen LogP contribution in [0.25, 0.3) is 10.4 Å². The molecule has 20 heteroatoms. The Morgan fingerprint density at radius 3 is 1.43 bits per heavy atom. The van der Waals surface area contributed by atoms with Gasteiger partial charge in [-0.15, -0.1) is 10.2 Å². The normalized spacial score (nSPS) is 16.0. The average Bonchev–Trinajstić information content (AvgIpc) is 3.20. The number of carbonyl (C=O) groups excluding carboxylic acids is 5. The molecule has 0 saturated carbocycles. The van der Waals surface area contributed by atoms with Crippen LogP contribution in [-0.2, 0) is 43.1 Å². The zero-order valence-corrected chi connectivity index (χ0v) is 52.1. The molecule has 3 atom stereocenters. The maximum Gasteiger partial charge on any atom is 0.410 e. The fourth-order valence-electron chi connectivity index (χ4n) is 9.45. The van der Waals surface area contributed by atoms with Crippen LogP contribution in [0.15, 0.2) is 85.8 Å². The van der Waals surface area contributed by atoms with Crippen molar-refractivity contribution < 1.29 is 33.4 Å². The van der Waals surface area contributed by atoms with E-state index in [9.17, 15) is 24.0 Å². The van der Waals surface area contributed by atoms with E-state index in [2.05, 4.69) is 85.4 Å². The zero-order valence-electron chi connectivity index (χ0n) is 51.3. The number of amides is 2. The largest absolute Gasteiger partial charge is 0.444 e. The Kier molecular flexibility index (Phi) is 29.4. The molecular formula is C67H91ClN12O7. The lowest BCUT2D eigenvalue weighted by molar-refractivity contribution is -0.120. The van der Waals surface area contributed by atoms with Crippen LogP contribution >= 0.6 is 11.6 Å². The van der Waals surface area contributed by atoms with Gasteiger partial charge in [-0.05, 0) is 172 Å². The first kappa shape index (κ1) is 73.2. The Balaban J connectivity index is 0.000000314. The molecule has 0 bridgehead atoms. The van der Waals surface area contributed by atoms with E-state index in [0.29, 0.717) is 93.3 Å². The van der Waals surface area contributed by atoms with Gasteiger partial charge in [-0.3, -0.25) is 29.3 Å². The molecule has 0 unspecified atom stereocenters. The summed E-state index contributed by atoms with van der Waals surface area (Å²) in [4.78, 5) is 82.9. The number of hydrogen-bond donors (Lipinski definition) is 0. The van der Waals surface area contributed by atoms with Gasteiger partial charge in [0.1, 0.15) is 34.6 Å². The van der Waals surface area contributed by atoms with Crippen molar-refractivity contribution >= 4 is 58.3 Å². The smallest absolute Gasteiger partial charge is 0.410 e. The van der Waals surface area contributed by atoms with E-state index in [4.69, 9.17) is 32.9 Å². The number of allylic oxidation sites excluding steroid dienone is 1. The molecule has 3 saturated heterocycles. The molecule has 468 valence electrons. The Labute approximate surface area is 521 Å². The second kappa shape index (κ2) is 34.9. The van der Waals surface area contributed by atoms with Crippen molar-refractivity contribution in [1.29, 1.82) is 5.26 Å². The summed E-state index contributed by atoms with van der Waals surface area (Å²) in [5.74, 6) is 3.24. The average molecular weight is 1210 g/mol. The predicted molar refractivity (Wildman–Crippen MR) is 341 cm³/mol. The van der Waals surface area contributed by atoms with E-state index in [1.807, 2.05) is 103 Å². The molecule has 8 heterocycles. The third-order valence-electron chi connectivity index (χ3n) is 14.0. The summed E-state index contributed by atoms with van der Waals surface area (Å²) in [5.41, 5.74) is 6.08. The van der Waals surface area contributed by atoms with Gasteiger partial charge in [-0.1, -0.05) is 85.5 Å². The van der Waals surface area contributed by atoms with E-state index in [-0.39, 0.29) is 62.0 Å². The van der Waals surface area contributed by atoms with Crippen LogP contribution in [0.1, 0.15) is 181 Å². The topological polar surface area (TPSA) is 232 Å². The van der Waals surface area contributed by atoms with Gasteiger partial charge >= 0.3 is 12.2 Å². The monoisotopic (exact) mass is 1210 g/mol. The highest BCUT2D eigenvalue weighted by atomic mass is 35.5. The number of rotatable bonds is 16. The number of Topliss-reactive ketones (excluding diaryl/α,β-unsaturated/α-hetero) is 3. The fraction of sp³-hybridized carbons (Fsp3) is 0.522. The fourth-order valence-corrected chi connectivity index (χ4v) is 9.55. The van der Waals surface area contributed by atoms with Crippen LogP contribution in [0, 0.1) is 35.7 Å². The second-order valence-electron chi connectivity index (χ2n) is 24.5. The molecule has 3 aliphatic heterocycles. The van der Waals surface area contributed by atoms with Gasteiger partial charge in [-0.2, -0.15) is 5.26 Å². The van der Waals surface area contributed by atoms with E-state index < -0.39 is 11.2 Å². The Morgan fingerprint density at radius 1 is 0.632 bits per heavy atom. The van der Waals surface area contributed by atoms with Gasteiger partial charge in [0.25, 0.3) is 5.82 Å². The van der Waals surface area contributed by atoms with Crippen LogP contribution in [0.4, 0.5) is 21.2 Å². The third-order valence-corrected chi connectivity index (χ3v) is 14.2. The Morgan fingerprint density at radius 2 is 1.08 bits per heavy atom. The van der Waals surface area contributed by atoms with Crippen molar-refractivity contribution in [3.8, 4) is 6.07 Å². The number of nitrogens with zero attached hydrogens (tertiary/aromatic N) is 12. The molecule has 3 aliphatic rings. The summed E-state index contributed by atoms with van der Waals surface area (Å²) in [6.07, 6.45) is 10.2. The van der Waals surface area contributed by atoms with Gasteiger partial charge < -0.3 is 29.0 Å². The Hall–Kier alpha value is -8.03. The van der Waals surface area contributed by atoms with E-state index in [0.717, 1.165) is 66.4 Å². The number of anilines is 1. The molecule has 87 heavy (non-hydrogen) atoms. The highest BCUT2D eigenvalue weighted by Gasteiger charge is 2.33. The van der Waals surface area contributed by atoms with Crippen molar-refractivity contribution in [2.45, 2.75) is 172 Å². The molecule has 3 fully saturated rings. The molecule has 19 nitrogen and oxygen atoms in total. The lowest BCUT2D eigenvalue weighted by Gasteiger charge is -2.24. The second-order valence-corrected chi connectivity index (χ2v) is 24.9. The molecule has 0 N–H and O–H groups in total. The molecule has 5 aromatic heterocycles. The molecule has 8 rings (SSSR count). The summed E-state index contributed by atoms with van der Waals surface area (Å²) in [6, 6.07) is 20.3. The molecule has 0 spiro atoms. The summed E-state index contributed by atoms with van der Waals surface area (Å²) in [7, 11) is 0. The molecule has 0 aromatic carbocycles. The van der Waals surface area contributed by atoms with Crippen molar-refractivity contribution in [3.63, 3.8) is 0 Å². The molecule has 5 aromatic rings. The number of ether oxygens (including phenoxy) is 2. The molecule has 0 aliphatic carbocycles. The minimum absolute atomic E-state index is 0. The minimum atomic E-state index is -0.493. The molecular weight excluding hydrogens is 1120 g/mol. The lowest BCUT2D eigenvalue weighted by Crippen LogP contribution is -2.35. The number of pyridine rings is 3. The van der Waals surface area contributed by atoms with Crippen molar-refractivity contribution in [2.24, 2.45) is 17.8 Å². The molecule has 2 amide bonds. The number of hydrogen-bond acceptors (Lipinski definition) is 16. The van der Waals surface area contributed by atoms with E-state index in [1.54, 1.807) is 22.1 Å². The van der Waals surface area contributed by atoms with Crippen molar-refractivity contribution in [1.82, 2.24) is 45.1 Å². The highest BCUT2D eigenvalue weighted by Crippen LogP contribution is 2.27. The summed E-state index contributed by atoms with van der Waals surface area (Å²) in [6.45, 7) is 36.1. The van der Waals surface area contributed by atoms with Crippen LogP contribution in [0.5, 0.6) is 0 Å². The van der Waals surface area contributed by atoms with Gasteiger partial charge in [-0.25, -0.2) is 9.59 Å². The van der Waals surface area contributed by atoms with Crippen LogP contribution < -0.4 is 4.90 Å². The van der Waals surface area contributed by atoms with E-state index in [1.165, 1.54) is 23.3 Å². The first-order valence-corrected chi connectivity index (χ1v) is 29.4. The minimum Gasteiger partial charge on any atom is -0.444 e. The third kappa shape index (κ3) is 26.2. The number of nitriles is 1. The van der Waals surface area contributed by atoms with Gasteiger partial charge in [0.2, 0.25) is 0 Å². The van der Waals surface area contributed by atoms with Crippen LogP contribution in [0.2, 0.25) is 5.15 Å². The van der Waals surface area contributed by atoms with Crippen LogP contribution in [0.3, 0.4) is 0 Å². The van der Waals surface area contributed by atoms with Crippen molar-refractivity contribution in [2.75, 3.05) is 44.2 Å². The van der Waals surface area contributed by atoms with E-state index >= 15 is 0 Å². The summed E-state index contributed by atoms with van der Waals surface area (Å²) in [5, 5.41) is 24.0. The number of ketones is 3. The number of carbonyl (C=O) groups is 5. The number of aromatic nitrogens is 7. The predicted octanol–water partition coefficient (Wildman–Crippen LogP) is 13.7. The zero-order chi connectivity index (χ0) is 62.4. The molecule has 0 radical (unpaired) electrons. The quantitative estimate of drug-likeness (QED) is 0.0836. The SMILES string of the molecule is C.C.C=C(C)c1ccc(CC(=O)C[C@H]2CCN(C(=O)OC(C)(C)C)C2)nc1.CC(C)c1ccc(CC(=O)C[C@H]2CCN(C(=O)OC(C)(C)C)C2)nc1.CC(C)c1ccc(CC(=O)C[C@H]2CCN(c3ccc(C#N)nn3)C2)nc1.[C-]#[N+]c1ccc(Cl)nn1. The first-order valence-electron chi connectivity index (χ1n) is 29.0. The maximum atomic E-state index is 12.4. The van der Waals surface area contributed by atoms with Gasteiger partial charge in [0.05, 0.1) is 0 Å². The van der Waals surface area contributed by atoms with Crippen molar-refractivity contribution in [3.05, 3.63) is 142 Å².